The van der Waals surface area contributed by atoms with Gasteiger partial charge in [-0.25, -0.2) is 4.98 Å². The second-order valence-corrected chi connectivity index (χ2v) is 6.30. The molecule has 1 N–H and O–H groups in total. The summed E-state index contributed by atoms with van der Waals surface area (Å²) in [5, 5.41) is 6.85. The van der Waals surface area contributed by atoms with E-state index in [4.69, 9.17) is 4.98 Å². The van der Waals surface area contributed by atoms with Crippen molar-refractivity contribution in [3.63, 3.8) is 0 Å². The van der Waals surface area contributed by atoms with E-state index >= 15 is 0 Å². The molecule has 0 bridgehead atoms. The highest BCUT2D eigenvalue weighted by molar-refractivity contribution is 7.09. The van der Waals surface area contributed by atoms with E-state index in [1.165, 1.54) is 23.4 Å². The zero-order valence-electron chi connectivity index (χ0n) is 12.6. The predicted molar refractivity (Wildman–Crippen MR) is 88.2 cm³/mol. The van der Waals surface area contributed by atoms with Crippen LogP contribution < -0.4 is 5.32 Å². The zero-order chi connectivity index (χ0) is 14.4. The Hall–Kier alpha value is -1.19. The Morgan fingerprint density at radius 3 is 2.65 bits per heavy atom. The lowest BCUT2D eigenvalue weighted by atomic mass is 9.95. The van der Waals surface area contributed by atoms with Crippen LogP contribution >= 0.6 is 11.3 Å². The van der Waals surface area contributed by atoms with Crippen LogP contribution in [-0.2, 0) is 6.42 Å². The van der Waals surface area contributed by atoms with Gasteiger partial charge in [-0.05, 0) is 19.4 Å². The third-order valence-corrected chi connectivity index (χ3v) is 4.69. The molecule has 0 spiro atoms. The Kier molecular flexibility index (Phi) is 5.74. The topological polar surface area (TPSA) is 24.9 Å². The highest BCUT2D eigenvalue weighted by Crippen LogP contribution is 2.24. The van der Waals surface area contributed by atoms with Gasteiger partial charge in [0.2, 0.25) is 0 Å². The molecule has 3 heteroatoms. The zero-order valence-corrected chi connectivity index (χ0v) is 13.4. The van der Waals surface area contributed by atoms with Crippen LogP contribution in [0.2, 0.25) is 0 Å². The summed E-state index contributed by atoms with van der Waals surface area (Å²) in [5.41, 5.74) is 2.31. The lowest BCUT2D eigenvalue weighted by molar-refractivity contribution is 0.371. The van der Waals surface area contributed by atoms with Crippen molar-refractivity contribution in [2.24, 2.45) is 5.92 Å². The average molecular weight is 288 g/mol. The maximum atomic E-state index is 4.79. The summed E-state index contributed by atoms with van der Waals surface area (Å²) in [6.07, 6.45) is 3.53. The number of aromatic nitrogens is 1. The van der Waals surface area contributed by atoms with Crippen molar-refractivity contribution in [1.29, 1.82) is 0 Å². The van der Waals surface area contributed by atoms with E-state index in [1.807, 2.05) is 6.07 Å². The minimum Gasteiger partial charge on any atom is -0.316 e. The minimum absolute atomic E-state index is 0.518. The van der Waals surface area contributed by atoms with Crippen molar-refractivity contribution in [2.45, 2.75) is 39.2 Å². The van der Waals surface area contributed by atoms with Crippen LogP contribution in [0.4, 0.5) is 0 Å². The summed E-state index contributed by atoms with van der Waals surface area (Å²) in [6, 6.07) is 10.9. The van der Waals surface area contributed by atoms with Crippen molar-refractivity contribution in [2.75, 3.05) is 7.05 Å². The smallest absolute Gasteiger partial charge is 0.0948 e. The molecule has 1 aromatic heterocycles. The molecule has 2 nitrogen and oxygen atoms in total. The maximum Gasteiger partial charge on any atom is 0.0948 e. The Morgan fingerprint density at radius 2 is 2.00 bits per heavy atom. The van der Waals surface area contributed by atoms with Gasteiger partial charge in [-0.2, -0.15) is 0 Å². The molecule has 2 unspecified atom stereocenters. The minimum atomic E-state index is 0.518. The highest BCUT2D eigenvalue weighted by atomic mass is 32.1. The summed E-state index contributed by atoms with van der Waals surface area (Å²) in [6.45, 7) is 4.58. The molecule has 0 saturated heterocycles. The van der Waals surface area contributed by atoms with Gasteiger partial charge in [0.05, 0.1) is 10.7 Å². The maximum absolute atomic E-state index is 4.79. The van der Waals surface area contributed by atoms with Crippen LogP contribution in [-0.4, -0.2) is 18.1 Å². The van der Waals surface area contributed by atoms with Gasteiger partial charge in [-0.1, -0.05) is 50.6 Å². The first-order chi connectivity index (χ1) is 9.74. The van der Waals surface area contributed by atoms with Gasteiger partial charge in [-0.15, -0.1) is 11.3 Å². The fraction of sp³-hybridized carbons (Fsp3) is 0.471. The number of rotatable bonds is 7. The first-order valence-electron chi connectivity index (χ1n) is 7.41. The SMILES string of the molecule is CCCC(C)C(Cc1nc(-c2ccccc2)cs1)NC. The van der Waals surface area contributed by atoms with Gasteiger partial charge in [0.15, 0.2) is 0 Å². The van der Waals surface area contributed by atoms with Crippen LogP contribution in [0.5, 0.6) is 0 Å². The molecule has 1 heterocycles. The molecule has 0 aliphatic carbocycles. The van der Waals surface area contributed by atoms with Crippen molar-refractivity contribution in [1.82, 2.24) is 10.3 Å². The molecule has 2 aromatic rings. The fourth-order valence-electron chi connectivity index (χ4n) is 2.58. The fourth-order valence-corrected chi connectivity index (χ4v) is 3.44. The number of thiazole rings is 1. The van der Waals surface area contributed by atoms with Crippen LogP contribution in [0, 0.1) is 5.92 Å². The summed E-state index contributed by atoms with van der Waals surface area (Å²) >= 11 is 1.77. The van der Waals surface area contributed by atoms with E-state index in [9.17, 15) is 0 Å². The van der Waals surface area contributed by atoms with Gasteiger partial charge >= 0.3 is 0 Å². The van der Waals surface area contributed by atoms with Crippen molar-refractivity contribution < 1.29 is 0 Å². The Labute approximate surface area is 126 Å². The van der Waals surface area contributed by atoms with E-state index in [0.717, 1.165) is 12.1 Å². The number of nitrogens with one attached hydrogen (secondary N) is 1. The van der Waals surface area contributed by atoms with Gasteiger partial charge in [-0.3, -0.25) is 0 Å². The third kappa shape index (κ3) is 3.90. The van der Waals surface area contributed by atoms with E-state index in [2.05, 4.69) is 55.9 Å². The van der Waals surface area contributed by atoms with Crippen molar-refractivity contribution in [3.8, 4) is 11.3 Å². The summed E-state index contributed by atoms with van der Waals surface area (Å²) in [5.74, 6) is 0.689. The van der Waals surface area contributed by atoms with Crippen LogP contribution in [0.15, 0.2) is 35.7 Å². The van der Waals surface area contributed by atoms with Crippen molar-refractivity contribution >= 4 is 11.3 Å². The van der Waals surface area contributed by atoms with E-state index in [0.29, 0.717) is 12.0 Å². The van der Waals surface area contributed by atoms with Crippen molar-refractivity contribution in [3.05, 3.63) is 40.7 Å². The van der Waals surface area contributed by atoms with Gasteiger partial charge in [0.1, 0.15) is 0 Å². The number of nitrogens with zero attached hydrogens (tertiary/aromatic N) is 1. The molecule has 0 aliphatic heterocycles. The second kappa shape index (κ2) is 7.55. The largest absolute Gasteiger partial charge is 0.316 e. The standard InChI is InChI=1S/C17H24N2S/c1-4-8-13(2)15(18-3)11-17-19-16(12-20-17)14-9-6-5-7-10-14/h5-7,9-10,12-13,15,18H,4,8,11H2,1-3H3. The molecule has 0 saturated carbocycles. The molecular formula is C17H24N2S. The van der Waals surface area contributed by atoms with Crippen LogP contribution in [0.1, 0.15) is 31.7 Å². The second-order valence-electron chi connectivity index (χ2n) is 5.36. The van der Waals surface area contributed by atoms with E-state index in [-0.39, 0.29) is 0 Å². The molecule has 0 radical (unpaired) electrons. The molecule has 20 heavy (non-hydrogen) atoms. The van der Waals surface area contributed by atoms with E-state index < -0.39 is 0 Å². The number of hydrogen-bond donors (Lipinski definition) is 1. The number of hydrogen-bond acceptors (Lipinski definition) is 3. The number of benzene rings is 1. The lowest BCUT2D eigenvalue weighted by Gasteiger charge is -2.22. The molecule has 0 aliphatic rings. The Morgan fingerprint density at radius 1 is 1.25 bits per heavy atom. The normalized spacial score (nSPS) is 14.2. The Balaban J connectivity index is 2.05. The summed E-state index contributed by atoms with van der Waals surface area (Å²) in [4.78, 5) is 4.79. The van der Waals surface area contributed by atoms with Crippen LogP contribution in [0.3, 0.4) is 0 Å². The van der Waals surface area contributed by atoms with Gasteiger partial charge in [0, 0.05) is 23.4 Å². The molecular weight excluding hydrogens is 264 g/mol. The lowest BCUT2D eigenvalue weighted by Crippen LogP contribution is -2.34. The molecule has 2 atom stereocenters. The molecule has 2 rings (SSSR count). The molecule has 0 fully saturated rings. The first-order valence-corrected chi connectivity index (χ1v) is 8.29. The average Bonchev–Trinajstić information content (AvgIpc) is 2.94. The highest BCUT2D eigenvalue weighted by Gasteiger charge is 2.17. The quantitative estimate of drug-likeness (QED) is 0.818. The molecule has 108 valence electrons. The number of likely N-dealkylation sites (N-methyl/N-ethyl adjacent to an activating group) is 1. The summed E-state index contributed by atoms with van der Waals surface area (Å²) < 4.78 is 0. The van der Waals surface area contributed by atoms with Gasteiger partial charge in [0.25, 0.3) is 0 Å². The van der Waals surface area contributed by atoms with E-state index in [1.54, 1.807) is 11.3 Å². The molecule has 1 aromatic carbocycles. The Bertz CT molecular complexity index is 507. The summed E-state index contributed by atoms with van der Waals surface area (Å²) in [7, 11) is 2.06. The van der Waals surface area contributed by atoms with Gasteiger partial charge < -0.3 is 5.32 Å². The monoisotopic (exact) mass is 288 g/mol. The molecule has 0 amide bonds. The predicted octanol–water partition coefficient (Wildman–Crippen LogP) is 4.38. The van der Waals surface area contributed by atoms with Crippen LogP contribution in [0.25, 0.3) is 11.3 Å². The third-order valence-electron chi connectivity index (χ3n) is 3.82. The first kappa shape index (κ1) is 15.2.